The molecule has 0 saturated heterocycles. The van der Waals surface area contributed by atoms with E-state index in [-0.39, 0.29) is 0 Å². The first-order valence-corrected chi connectivity index (χ1v) is 8.14. The van der Waals surface area contributed by atoms with E-state index in [0.29, 0.717) is 0 Å². The smallest absolute Gasteiger partial charge is 0.0972 e. The van der Waals surface area contributed by atoms with Crippen LogP contribution in [0.4, 0.5) is 0 Å². The van der Waals surface area contributed by atoms with Crippen LogP contribution in [0.15, 0.2) is 79.1 Å². The maximum absolute atomic E-state index is 4.87. The molecule has 0 bridgehead atoms. The molecule has 0 fully saturated rings. The van der Waals surface area contributed by atoms with Gasteiger partial charge in [0.05, 0.1) is 33.8 Å². The van der Waals surface area contributed by atoms with E-state index in [2.05, 4.69) is 39.2 Å². The molecule has 0 aliphatic heterocycles. The lowest BCUT2D eigenvalue weighted by Crippen LogP contribution is -1.89. The summed E-state index contributed by atoms with van der Waals surface area (Å²) in [4.78, 5) is 17.2. The van der Waals surface area contributed by atoms with Crippen LogP contribution in [0.1, 0.15) is 0 Å². The topological polar surface area (TPSA) is 54.5 Å². The van der Waals surface area contributed by atoms with Gasteiger partial charge >= 0.3 is 0 Å². The van der Waals surface area contributed by atoms with Crippen molar-refractivity contribution in [2.45, 2.75) is 0 Å². The van der Waals surface area contributed by atoms with Crippen molar-refractivity contribution in [2.75, 3.05) is 0 Å². The Morgan fingerprint density at radius 2 is 1.32 bits per heavy atom. The van der Waals surface area contributed by atoms with Gasteiger partial charge < -0.3 is 4.98 Å². The first kappa shape index (κ1) is 13.9. The largest absolute Gasteiger partial charge is 0.352 e. The zero-order valence-electron chi connectivity index (χ0n) is 13.3. The zero-order valence-corrected chi connectivity index (χ0v) is 13.3. The summed E-state index contributed by atoms with van der Waals surface area (Å²) in [6.45, 7) is 0. The van der Waals surface area contributed by atoms with Crippen LogP contribution in [0.5, 0.6) is 0 Å². The Labute approximate surface area is 144 Å². The molecule has 0 aliphatic rings. The van der Waals surface area contributed by atoms with Crippen LogP contribution in [0.2, 0.25) is 0 Å². The van der Waals surface area contributed by atoms with E-state index in [1.807, 2.05) is 48.7 Å². The van der Waals surface area contributed by atoms with Gasteiger partial charge in [0.25, 0.3) is 0 Å². The quantitative estimate of drug-likeness (QED) is 0.473. The molecule has 1 aromatic carbocycles. The SMILES string of the molecule is c1ccc(-c2ccc(-c3ccc4ccc5cccnc5c4n3)[nH]2)nc1. The van der Waals surface area contributed by atoms with E-state index < -0.39 is 0 Å². The molecule has 5 rings (SSSR count). The Kier molecular flexibility index (Phi) is 3.07. The molecule has 0 unspecified atom stereocenters. The van der Waals surface area contributed by atoms with E-state index in [1.165, 1.54) is 0 Å². The number of fused-ring (bicyclic) bond motifs is 3. The van der Waals surface area contributed by atoms with Gasteiger partial charge in [0.2, 0.25) is 0 Å². The summed E-state index contributed by atoms with van der Waals surface area (Å²) in [6, 6.07) is 22.3. The average Bonchev–Trinajstić information content (AvgIpc) is 3.18. The van der Waals surface area contributed by atoms with Crippen molar-refractivity contribution in [1.82, 2.24) is 19.9 Å². The number of aromatic nitrogens is 4. The van der Waals surface area contributed by atoms with Crippen LogP contribution >= 0.6 is 0 Å². The summed E-state index contributed by atoms with van der Waals surface area (Å²) in [5.41, 5.74) is 5.61. The highest BCUT2D eigenvalue weighted by atomic mass is 14.8. The molecule has 1 N–H and O–H groups in total. The lowest BCUT2D eigenvalue weighted by Gasteiger charge is -2.05. The number of H-pyrrole nitrogens is 1. The van der Waals surface area contributed by atoms with Crippen molar-refractivity contribution < 1.29 is 0 Å². The average molecular weight is 322 g/mol. The number of benzene rings is 1. The molecule has 0 amide bonds. The van der Waals surface area contributed by atoms with Crippen molar-refractivity contribution in [3.05, 3.63) is 79.1 Å². The summed E-state index contributed by atoms with van der Waals surface area (Å²) in [5, 5.41) is 2.19. The molecular weight excluding hydrogens is 308 g/mol. The molecule has 4 nitrogen and oxygen atoms in total. The van der Waals surface area contributed by atoms with Gasteiger partial charge in [0, 0.05) is 23.2 Å². The second-order valence-electron chi connectivity index (χ2n) is 5.91. The molecule has 0 radical (unpaired) electrons. The fraction of sp³-hybridized carbons (Fsp3) is 0. The molecule has 5 aromatic rings. The molecule has 118 valence electrons. The molecular formula is C21H14N4. The van der Waals surface area contributed by atoms with E-state index in [1.54, 1.807) is 6.20 Å². The van der Waals surface area contributed by atoms with E-state index in [9.17, 15) is 0 Å². The first-order valence-electron chi connectivity index (χ1n) is 8.14. The van der Waals surface area contributed by atoms with Gasteiger partial charge in [-0.05, 0) is 36.4 Å². The first-order chi connectivity index (χ1) is 12.4. The monoisotopic (exact) mass is 322 g/mol. The molecule has 0 aliphatic carbocycles. The number of nitrogens with zero attached hydrogens (tertiary/aromatic N) is 3. The lowest BCUT2D eigenvalue weighted by molar-refractivity contribution is 1.27. The highest BCUT2D eigenvalue weighted by Gasteiger charge is 2.08. The Morgan fingerprint density at radius 3 is 2.16 bits per heavy atom. The number of pyridine rings is 3. The van der Waals surface area contributed by atoms with Crippen LogP contribution in [0, 0.1) is 0 Å². The van der Waals surface area contributed by atoms with Gasteiger partial charge in [-0.25, -0.2) is 4.98 Å². The van der Waals surface area contributed by atoms with Crippen LogP contribution in [0.25, 0.3) is 44.6 Å². The molecule has 0 spiro atoms. The minimum absolute atomic E-state index is 0.896. The maximum Gasteiger partial charge on any atom is 0.0972 e. The number of hydrogen-bond acceptors (Lipinski definition) is 3. The summed E-state index contributed by atoms with van der Waals surface area (Å²) in [7, 11) is 0. The van der Waals surface area contributed by atoms with E-state index in [0.717, 1.165) is 44.6 Å². The minimum Gasteiger partial charge on any atom is -0.352 e. The number of nitrogens with one attached hydrogen (secondary N) is 1. The Morgan fingerprint density at radius 1 is 0.560 bits per heavy atom. The number of rotatable bonds is 2. The van der Waals surface area contributed by atoms with Gasteiger partial charge in [-0.1, -0.05) is 30.3 Å². The van der Waals surface area contributed by atoms with Crippen LogP contribution in [-0.2, 0) is 0 Å². The molecule has 0 atom stereocenters. The van der Waals surface area contributed by atoms with Gasteiger partial charge in [-0.3, -0.25) is 9.97 Å². The van der Waals surface area contributed by atoms with Crippen molar-refractivity contribution in [3.8, 4) is 22.8 Å². The van der Waals surface area contributed by atoms with Gasteiger partial charge in [-0.2, -0.15) is 0 Å². The van der Waals surface area contributed by atoms with Crippen molar-refractivity contribution >= 4 is 21.8 Å². The second-order valence-corrected chi connectivity index (χ2v) is 5.91. The van der Waals surface area contributed by atoms with Gasteiger partial charge in [0.15, 0.2) is 0 Å². The van der Waals surface area contributed by atoms with Crippen LogP contribution in [-0.4, -0.2) is 19.9 Å². The van der Waals surface area contributed by atoms with Gasteiger partial charge in [-0.15, -0.1) is 0 Å². The Hall–Kier alpha value is -3.53. The molecule has 4 aromatic heterocycles. The third-order valence-corrected chi connectivity index (χ3v) is 4.33. The normalized spacial score (nSPS) is 11.2. The third kappa shape index (κ3) is 2.35. The predicted octanol–water partition coefficient (Wildman–Crippen LogP) is 4.84. The standard InChI is InChI=1S/C21H14N4/c1-2-12-22-16(5-1)17-10-11-18(24-17)19-9-8-15-7-6-14-4-3-13-23-20(14)21(15)25-19/h1-13,24H. The number of hydrogen-bond donors (Lipinski definition) is 1. The fourth-order valence-corrected chi connectivity index (χ4v) is 3.09. The van der Waals surface area contributed by atoms with E-state index >= 15 is 0 Å². The van der Waals surface area contributed by atoms with Crippen LogP contribution in [0.3, 0.4) is 0 Å². The third-order valence-electron chi connectivity index (χ3n) is 4.33. The van der Waals surface area contributed by atoms with Crippen molar-refractivity contribution in [3.63, 3.8) is 0 Å². The summed E-state index contributed by atoms with van der Waals surface area (Å²) in [6.07, 6.45) is 3.60. The lowest BCUT2D eigenvalue weighted by atomic mass is 10.1. The minimum atomic E-state index is 0.896. The fourth-order valence-electron chi connectivity index (χ4n) is 3.09. The van der Waals surface area contributed by atoms with Crippen LogP contribution < -0.4 is 0 Å². The highest BCUT2D eigenvalue weighted by molar-refractivity contribution is 6.03. The summed E-state index contributed by atoms with van der Waals surface area (Å²) in [5.74, 6) is 0. The highest BCUT2D eigenvalue weighted by Crippen LogP contribution is 2.27. The Balaban J connectivity index is 1.66. The number of aromatic amines is 1. The molecule has 0 saturated carbocycles. The van der Waals surface area contributed by atoms with Crippen molar-refractivity contribution in [2.24, 2.45) is 0 Å². The van der Waals surface area contributed by atoms with Crippen molar-refractivity contribution in [1.29, 1.82) is 0 Å². The maximum atomic E-state index is 4.87. The predicted molar refractivity (Wildman–Crippen MR) is 100 cm³/mol. The second kappa shape index (κ2) is 5.53. The Bertz CT molecular complexity index is 1190. The van der Waals surface area contributed by atoms with Gasteiger partial charge in [0.1, 0.15) is 0 Å². The molecule has 4 heterocycles. The zero-order chi connectivity index (χ0) is 16.6. The summed E-state index contributed by atoms with van der Waals surface area (Å²) < 4.78 is 0. The van der Waals surface area contributed by atoms with E-state index in [4.69, 9.17) is 4.98 Å². The summed E-state index contributed by atoms with van der Waals surface area (Å²) >= 11 is 0. The molecule has 4 heteroatoms. The molecule has 25 heavy (non-hydrogen) atoms.